The lowest BCUT2D eigenvalue weighted by Crippen LogP contribution is -2.26. The van der Waals surface area contributed by atoms with Gasteiger partial charge in [-0.25, -0.2) is 0 Å². The first kappa shape index (κ1) is 15.5. The maximum atomic E-state index is 5.47. The maximum absolute atomic E-state index is 5.47. The van der Waals surface area contributed by atoms with E-state index in [4.69, 9.17) is 4.52 Å². The van der Waals surface area contributed by atoms with Crippen molar-refractivity contribution in [3.63, 3.8) is 0 Å². The maximum Gasteiger partial charge on any atom is 0.151 e. The van der Waals surface area contributed by atoms with Gasteiger partial charge in [-0.2, -0.15) is 0 Å². The fourth-order valence-electron chi connectivity index (χ4n) is 2.44. The zero-order valence-corrected chi connectivity index (χ0v) is 13.2. The van der Waals surface area contributed by atoms with E-state index in [0.717, 1.165) is 43.6 Å². The molecule has 0 unspecified atom stereocenters. The molecule has 0 radical (unpaired) electrons. The number of rotatable bonds is 10. The molecule has 1 aliphatic rings. The van der Waals surface area contributed by atoms with Gasteiger partial charge in [0.1, 0.15) is 0 Å². The highest BCUT2D eigenvalue weighted by molar-refractivity contribution is 5.05. The quantitative estimate of drug-likeness (QED) is 0.715. The van der Waals surface area contributed by atoms with Crippen LogP contribution in [-0.4, -0.2) is 29.7 Å². The van der Waals surface area contributed by atoms with Gasteiger partial charge >= 0.3 is 0 Å². The molecule has 2 rings (SSSR count). The summed E-state index contributed by atoms with van der Waals surface area (Å²) in [6.45, 7) is 11.8. The summed E-state index contributed by atoms with van der Waals surface area (Å²) in [5, 5.41) is 7.56. The lowest BCUT2D eigenvalue weighted by atomic mass is 10.2. The Balaban J connectivity index is 1.77. The summed E-state index contributed by atoms with van der Waals surface area (Å²) in [4.78, 5) is 2.50. The normalized spacial score (nSPS) is 15.4. The molecule has 0 spiro atoms. The molecule has 0 aromatic carbocycles. The molecular weight excluding hydrogens is 250 g/mol. The molecule has 20 heavy (non-hydrogen) atoms. The minimum absolute atomic E-state index is 0.667. The Labute approximate surface area is 122 Å². The van der Waals surface area contributed by atoms with Crippen LogP contribution < -0.4 is 5.32 Å². The Bertz CT molecular complexity index is 385. The first-order valence-corrected chi connectivity index (χ1v) is 8.05. The minimum atomic E-state index is 0.667. The predicted octanol–water partition coefficient (Wildman–Crippen LogP) is 3.04. The van der Waals surface area contributed by atoms with Crippen molar-refractivity contribution in [2.75, 3.05) is 19.6 Å². The molecule has 4 nitrogen and oxygen atoms in total. The summed E-state index contributed by atoms with van der Waals surface area (Å²) in [5.74, 6) is 2.59. The lowest BCUT2D eigenvalue weighted by molar-refractivity contribution is 0.222. The van der Waals surface area contributed by atoms with Crippen molar-refractivity contribution in [3.8, 4) is 0 Å². The van der Waals surface area contributed by atoms with Crippen LogP contribution >= 0.6 is 0 Å². The van der Waals surface area contributed by atoms with Gasteiger partial charge in [-0.05, 0) is 44.2 Å². The SMILES string of the molecule is CCCN(Cc1cc(CNCC(C)C)no1)CC1CC1. The Kier molecular flexibility index (Phi) is 6.05. The second-order valence-electron chi connectivity index (χ2n) is 6.49. The highest BCUT2D eigenvalue weighted by Crippen LogP contribution is 2.30. The van der Waals surface area contributed by atoms with Crippen molar-refractivity contribution in [3.05, 3.63) is 17.5 Å². The third-order valence-corrected chi connectivity index (χ3v) is 3.60. The zero-order valence-electron chi connectivity index (χ0n) is 13.2. The monoisotopic (exact) mass is 279 g/mol. The summed E-state index contributed by atoms with van der Waals surface area (Å²) >= 11 is 0. The predicted molar refractivity (Wildman–Crippen MR) is 81.3 cm³/mol. The van der Waals surface area contributed by atoms with Gasteiger partial charge in [0.15, 0.2) is 5.76 Å². The highest BCUT2D eigenvalue weighted by Gasteiger charge is 2.24. The highest BCUT2D eigenvalue weighted by atomic mass is 16.5. The van der Waals surface area contributed by atoms with E-state index in [2.05, 4.69) is 42.2 Å². The van der Waals surface area contributed by atoms with Crippen LogP contribution in [0.5, 0.6) is 0 Å². The van der Waals surface area contributed by atoms with Gasteiger partial charge in [-0.1, -0.05) is 25.9 Å². The van der Waals surface area contributed by atoms with E-state index >= 15 is 0 Å². The van der Waals surface area contributed by atoms with Gasteiger partial charge in [-0.3, -0.25) is 4.90 Å². The molecule has 1 saturated carbocycles. The molecule has 4 heteroatoms. The molecule has 1 aliphatic carbocycles. The number of hydrogen-bond acceptors (Lipinski definition) is 4. The van der Waals surface area contributed by atoms with Crippen molar-refractivity contribution in [1.82, 2.24) is 15.4 Å². The molecule has 114 valence electrons. The molecule has 0 amide bonds. The molecule has 1 N–H and O–H groups in total. The van der Waals surface area contributed by atoms with E-state index in [9.17, 15) is 0 Å². The molecule has 0 bridgehead atoms. The fourth-order valence-corrected chi connectivity index (χ4v) is 2.44. The summed E-state index contributed by atoms with van der Waals surface area (Å²) in [7, 11) is 0. The average Bonchev–Trinajstić information content (AvgIpc) is 3.09. The smallest absolute Gasteiger partial charge is 0.151 e. The summed E-state index contributed by atoms with van der Waals surface area (Å²) in [6.07, 6.45) is 4.01. The van der Waals surface area contributed by atoms with Gasteiger partial charge in [0.2, 0.25) is 0 Å². The summed E-state index contributed by atoms with van der Waals surface area (Å²) in [6, 6.07) is 2.10. The first-order chi connectivity index (χ1) is 9.67. The molecule has 0 aliphatic heterocycles. The van der Waals surface area contributed by atoms with Gasteiger partial charge in [0.25, 0.3) is 0 Å². The van der Waals surface area contributed by atoms with Crippen LogP contribution in [0, 0.1) is 11.8 Å². The van der Waals surface area contributed by atoms with Crippen molar-refractivity contribution < 1.29 is 4.52 Å². The van der Waals surface area contributed by atoms with E-state index < -0.39 is 0 Å². The third kappa shape index (κ3) is 5.63. The van der Waals surface area contributed by atoms with Crippen LogP contribution in [0.1, 0.15) is 51.5 Å². The average molecular weight is 279 g/mol. The molecule has 1 aromatic rings. The van der Waals surface area contributed by atoms with Crippen molar-refractivity contribution in [2.45, 2.75) is 53.1 Å². The van der Waals surface area contributed by atoms with Crippen molar-refractivity contribution in [2.24, 2.45) is 11.8 Å². The molecule has 1 fully saturated rings. The summed E-state index contributed by atoms with van der Waals surface area (Å²) < 4.78 is 5.47. The second kappa shape index (κ2) is 7.79. The fraction of sp³-hybridized carbons (Fsp3) is 0.812. The Morgan fingerprint density at radius 3 is 2.90 bits per heavy atom. The van der Waals surface area contributed by atoms with Crippen molar-refractivity contribution in [1.29, 1.82) is 0 Å². The van der Waals surface area contributed by atoms with Gasteiger partial charge in [0.05, 0.1) is 12.2 Å². The van der Waals surface area contributed by atoms with E-state index in [0.29, 0.717) is 5.92 Å². The van der Waals surface area contributed by atoms with Crippen LogP contribution in [0.3, 0.4) is 0 Å². The largest absolute Gasteiger partial charge is 0.360 e. The number of aromatic nitrogens is 1. The van der Waals surface area contributed by atoms with Crippen LogP contribution in [-0.2, 0) is 13.1 Å². The standard InChI is InChI=1S/C16H29N3O/c1-4-7-19(11-14-5-6-14)12-16-8-15(18-20-16)10-17-9-13(2)3/h8,13-14,17H,4-7,9-12H2,1-3H3. The van der Waals surface area contributed by atoms with Crippen LogP contribution in [0.25, 0.3) is 0 Å². The van der Waals surface area contributed by atoms with Gasteiger partial charge < -0.3 is 9.84 Å². The lowest BCUT2D eigenvalue weighted by Gasteiger charge is -2.19. The van der Waals surface area contributed by atoms with E-state index in [-0.39, 0.29) is 0 Å². The molecule has 0 saturated heterocycles. The summed E-state index contributed by atoms with van der Waals surface area (Å²) in [5.41, 5.74) is 1.02. The van der Waals surface area contributed by atoms with Crippen LogP contribution in [0.15, 0.2) is 10.6 Å². The third-order valence-electron chi connectivity index (χ3n) is 3.60. The van der Waals surface area contributed by atoms with Crippen LogP contribution in [0.4, 0.5) is 0 Å². The zero-order chi connectivity index (χ0) is 14.4. The number of hydrogen-bond donors (Lipinski definition) is 1. The molecular formula is C16H29N3O. The van der Waals surface area contributed by atoms with Gasteiger partial charge in [-0.15, -0.1) is 0 Å². The van der Waals surface area contributed by atoms with Gasteiger partial charge in [0, 0.05) is 19.2 Å². The van der Waals surface area contributed by atoms with E-state index in [1.807, 2.05) is 0 Å². The topological polar surface area (TPSA) is 41.3 Å². The minimum Gasteiger partial charge on any atom is -0.360 e. The molecule has 1 heterocycles. The molecule has 1 aromatic heterocycles. The van der Waals surface area contributed by atoms with E-state index in [1.165, 1.54) is 25.8 Å². The molecule has 0 atom stereocenters. The van der Waals surface area contributed by atoms with Crippen molar-refractivity contribution >= 4 is 0 Å². The Morgan fingerprint density at radius 2 is 2.25 bits per heavy atom. The first-order valence-electron chi connectivity index (χ1n) is 8.05. The second-order valence-corrected chi connectivity index (χ2v) is 6.49. The Hall–Kier alpha value is -0.870. The number of nitrogens with one attached hydrogen (secondary N) is 1. The number of nitrogens with zero attached hydrogens (tertiary/aromatic N) is 2. The van der Waals surface area contributed by atoms with Crippen LogP contribution in [0.2, 0.25) is 0 Å². The Morgan fingerprint density at radius 1 is 1.45 bits per heavy atom. The van der Waals surface area contributed by atoms with E-state index in [1.54, 1.807) is 0 Å².